The molecule has 1 nitrogen and oxygen atoms in total. The van der Waals surface area contributed by atoms with Crippen molar-refractivity contribution in [1.29, 1.82) is 0 Å². The van der Waals surface area contributed by atoms with Gasteiger partial charge in [-0.05, 0) is 38.3 Å². The highest BCUT2D eigenvalue weighted by molar-refractivity contribution is 6.09. The molecule has 0 N–H and O–H groups in total. The van der Waals surface area contributed by atoms with E-state index in [1.165, 1.54) is 11.1 Å². The highest BCUT2D eigenvalue weighted by Crippen LogP contribution is 2.44. The number of benzene rings is 1. The highest BCUT2D eigenvalue weighted by Gasteiger charge is 2.45. The van der Waals surface area contributed by atoms with Gasteiger partial charge in [0.25, 0.3) is 0 Å². The maximum absolute atomic E-state index is 11.8. The monoisotopic (exact) mass is 200 g/mol. The van der Waals surface area contributed by atoms with Crippen molar-refractivity contribution in [2.45, 2.75) is 27.2 Å². The van der Waals surface area contributed by atoms with E-state index in [1.54, 1.807) is 0 Å². The van der Waals surface area contributed by atoms with Gasteiger partial charge in [-0.1, -0.05) is 35.9 Å². The lowest BCUT2D eigenvalue weighted by atomic mass is 9.62. The predicted molar refractivity (Wildman–Crippen MR) is 61.6 cm³/mol. The molecular weight excluding hydrogens is 184 g/mol. The molecule has 0 heterocycles. The Hall–Kier alpha value is -1.37. The minimum atomic E-state index is -0.245. The normalized spacial score (nSPS) is 25.4. The van der Waals surface area contributed by atoms with E-state index >= 15 is 0 Å². The van der Waals surface area contributed by atoms with Gasteiger partial charge in [-0.15, -0.1) is 0 Å². The van der Waals surface area contributed by atoms with Crippen LogP contribution in [0.15, 0.2) is 41.5 Å². The third-order valence-corrected chi connectivity index (χ3v) is 3.63. The largest absolute Gasteiger partial charge is 0.294 e. The number of carbonyl (C=O) groups excluding carboxylic acids is 1. The van der Waals surface area contributed by atoms with Crippen LogP contribution < -0.4 is 0 Å². The fourth-order valence-corrected chi connectivity index (χ4v) is 2.32. The van der Waals surface area contributed by atoms with E-state index in [0.717, 1.165) is 12.0 Å². The lowest BCUT2D eigenvalue weighted by Crippen LogP contribution is -2.41. The van der Waals surface area contributed by atoms with Crippen molar-refractivity contribution in [3.05, 3.63) is 47.0 Å². The number of hydrogen-bond acceptors (Lipinski definition) is 1. The number of rotatable bonds is 2. The lowest BCUT2D eigenvalue weighted by molar-refractivity contribution is -0.125. The van der Waals surface area contributed by atoms with Crippen LogP contribution in [-0.2, 0) is 11.2 Å². The summed E-state index contributed by atoms with van der Waals surface area (Å²) in [5.74, 6) is 0.309. The average molecular weight is 200 g/mol. The van der Waals surface area contributed by atoms with Crippen LogP contribution in [0.3, 0.4) is 0 Å². The first-order valence-electron chi connectivity index (χ1n) is 5.32. The Morgan fingerprint density at radius 2 is 1.73 bits per heavy atom. The number of carbonyl (C=O) groups is 1. The summed E-state index contributed by atoms with van der Waals surface area (Å²) in [6.07, 6.45) is 0.829. The summed E-state index contributed by atoms with van der Waals surface area (Å²) in [6, 6.07) is 10.2. The maximum Gasteiger partial charge on any atom is 0.168 e. The number of Topliss-reactive ketones (excluding diaryl/α,β-unsaturated/α-hetero) is 1. The zero-order valence-electron chi connectivity index (χ0n) is 9.50. The first-order valence-corrected chi connectivity index (χ1v) is 5.32. The van der Waals surface area contributed by atoms with Crippen molar-refractivity contribution in [3.8, 4) is 0 Å². The van der Waals surface area contributed by atoms with E-state index in [9.17, 15) is 4.79 Å². The van der Waals surface area contributed by atoms with E-state index in [4.69, 9.17) is 0 Å². The summed E-state index contributed by atoms with van der Waals surface area (Å²) in [5.41, 5.74) is 3.19. The lowest BCUT2D eigenvalue weighted by Gasteiger charge is -2.39. The van der Waals surface area contributed by atoms with Crippen molar-refractivity contribution in [2.75, 3.05) is 0 Å². The molecule has 1 aromatic rings. The van der Waals surface area contributed by atoms with Gasteiger partial charge in [0, 0.05) is 0 Å². The molecule has 0 spiro atoms. The molecule has 78 valence electrons. The van der Waals surface area contributed by atoms with Crippen molar-refractivity contribution < 1.29 is 4.79 Å². The molecule has 1 aromatic carbocycles. The third-order valence-electron chi connectivity index (χ3n) is 3.63. The molecule has 0 saturated heterocycles. The minimum Gasteiger partial charge on any atom is -0.294 e. The number of hydrogen-bond donors (Lipinski definition) is 0. The Labute approximate surface area is 90.8 Å². The first kappa shape index (κ1) is 10.2. The van der Waals surface area contributed by atoms with Crippen LogP contribution in [0.2, 0.25) is 0 Å². The molecule has 0 bridgehead atoms. The van der Waals surface area contributed by atoms with Gasteiger partial charge in [-0.3, -0.25) is 4.79 Å². The predicted octanol–water partition coefficient (Wildman–Crippen LogP) is 3.15. The van der Waals surface area contributed by atoms with Gasteiger partial charge >= 0.3 is 0 Å². The molecule has 1 unspecified atom stereocenters. The Balaban J connectivity index is 2.25. The first-order chi connectivity index (χ1) is 7.05. The zero-order chi connectivity index (χ0) is 11.1. The van der Waals surface area contributed by atoms with Gasteiger partial charge in [0.05, 0.1) is 5.41 Å². The standard InChI is InChI=1S/C14H16O/c1-10-11(2)14(3,13(10)15)9-12-7-5-4-6-8-12/h4-8H,9H2,1-3H3. The Morgan fingerprint density at radius 1 is 1.13 bits per heavy atom. The Bertz CT molecular complexity index is 428. The van der Waals surface area contributed by atoms with E-state index < -0.39 is 0 Å². The Kier molecular flexibility index (Phi) is 2.26. The van der Waals surface area contributed by atoms with E-state index in [-0.39, 0.29) is 5.41 Å². The number of allylic oxidation sites excluding steroid dienone is 2. The fraction of sp³-hybridized carbons (Fsp3) is 0.357. The van der Waals surface area contributed by atoms with Crippen LogP contribution in [0.4, 0.5) is 0 Å². The second kappa shape index (κ2) is 3.34. The van der Waals surface area contributed by atoms with Gasteiger partial charge in [-0.25, -0.2) is 0 Å². The van der Waals surface area contributed by atoms with Gasteiger partial charge < -0.3 is 0 Å². The van der Waals surface area contributed by atoms with Crippen molar-refractivity contribution in [3.63, 3.8) is 0 Å². The molecule has 0 aromatic heterocycles. The molecule has 1 atom stereocenters. The van der Waals surface area contributed by atoms with Crippen molar-refractivity contribution in [1.82, 2.24) is 0 Å². The quantitative estimate of drug-likeness (QED) is 0.716. The van der Waals surface area contributed by atoms with Crippen LogP contribution in [0.25, 0.3) is 0 Å². The van der Waals surface area contributed by atoms with E-state index in [0.29, 0.717) is 5.78 Å². The molecule has 0 aliphatic heterocycles. The van der Waals surface area contributed by atoms with Crippen molar-refractivity contribution in [2.24, 2.45) is 5.41 Å². The van der Waals surface area contributed by atoms with Crippen LogP contribution in [0, 0.1) is 5.41 Å². The molecule has 0 fully saturated rings. The molecular formula is C14H16O. The zero-order valence-corrected chi connectivity index (χ0v) is 9.50. The van der Waals surface area contributed by atoms with Gasteiger partial charge in [0.2, 0.25) is 0 Å². The smallest absolute Gasteiger partial charge is 0.168 e. The van der Waals surface area contributed by atoms with Crippen LogP contribution >= 0.6 is 0 Å². The average Bonchev–Trinajstić information content (AvgIpc) is 2.28. The molecule has 15 heavy (non-hydrogen) atoms. The minimum absolute atomic E-state index is 0.245. The summed E-state index contributed by atoms with van der Waals surface area (Å²) < 4.78 is 0. The molecule has 0 radical (unpaired) electrons. The van der Waals surface area contributed by atoms with Gasteiger partial charge in [0.1, 0.15) is 0 Å². The fourth-order valence-electron chi connectivity index (χ4n) is 2.32. The summed E-state index contributed by atoms with van der Waals surface area (Å²) >= 11 is 0. The Morgan fingerprint density at radius 3 is 2.27 bits per heavy atom. The number of ketones is 1. The van der Waals surface area contributed by atoms with Crippen LogP contribution in [-0.4, -0.2) is 5.78 Å². The maximum atomic E-state index is 11.8. The van der Waals surface area contributed by atoms with Gasteiger partial charge in [-0.2, -0.15) is 0 Å². The second-order valence-electron chi connectivity index (χ2n) is 4.57. The van der Waals surface area contributed by atoms with Gasteiger partial charge in [0.15, 0.2) is 5.78 Å². The molecule has 1 aliphatic rings. The summed E-state index contributed by atoms with van der Waals surface area (Å²) in [6.45, 7) is 6.04. The van der Waals surface area contributed by atoms with E-state index in [1.807, 2.05) is 32.0 Å². The molecule has 1 heteroatoms. The topological polar surface area (TPSA) is 17.1 Å². The highest BCUT2D eigenvalue weighted by atomic mass is 16.1. The molecule has 0 amide bonds. The third kappa shape index (κ3) is 1.43. The summed E-state index contributed by atoms with van der Waals surface area (Å²) in [4.78, 5) is 11.8. The molecule has 2 rings (SSSR count). The van der Waals surface area contributed by atoms with Crippen LogP contribution in [0.1, 0.15) is 26.3 Å². The molecule has 1 aliphatic carbocycles. The summed E-state index contributed by atoms with van der Waals surface area (Å²) in [7, 11) is 0. The molecule has 0 saturated carbocycles. The van der Waals surface area contributed by atoms with E-state index in [2.05, 4.69) is 19.1 Å². The van der Waals surface area contributed by atoms with Crippen molar-refractivity contribution >= 4 is 5.78 Å². The summed E-state index contributed by atoms with van der Waals surface area (Å²) in [5, 5.41) is 0. The SMILES string of the molecule is CC1=C(C)C(C)(Cc2ccccc2)C1=O. The van der Waals surface area contributed by atoms with Crippen LogP contribution in [0.5, 0.6) is 0 Å². The second-order valence-corrected chi connectivity index (χ2v) is 4.57.